The Balaban J connectivity index is 1.35. The first-order chi connectivity index (χ1) is 21.0. The normalized spacial score (nSPS) is 30.4. The highest BCUT2D eigenvalue weighted by atomic mass is 32.2. The van der Waals surface area contributed by atoms with Crippen LogP contribution in [0.1, 0.15) is 68.9 Å². The lowest BCUT2D eigenvalue weighted by atomic mass is 9.50. The molecule has 4 N–H and O–H groups in total. The molecule has 0 spiro atoms. The third kappa shape index (κ3) is 5.13. The van der Waals surface area contributed by atoms with E-state index in [9.17, 15) is 31.5 Å². The summed E-state index contributed by atoms with van der Waals surface area (Å²) in [6.45, 7) is 1.79. The van der Waals surface area contributed by atoms with Gasteiger partial charge in [0, 0.05) is 30.0 Å². The average Bonchev–Trinajstić information content (AvgIpc) is 3.26. The predicted molar refractivity (Wildman–Crippen MR) is 158 cm³/mol. The number of ketones is 1. The van der Waals surface area contributed by atoms with Crippen LogP contribution in [0, 0.1) is 17.3 Å². The van der Waals surface area contributed by atoms with Crippen LogP contribution in [0.15, 0.2) is 76.2 Å². The first kappa shape index (κ1) is 31.9. The van der Waals surface area contributed by atoms with Gasteiger partial charge in [0.2, 0.25) is 10.0 Å². The second-order valence-electron chi connectivity index (χ2n) is 13.1. The summed E-state index contributed by atoms with van der Waals surface area (Å²) in [4.78, 5) is 12.2. The Morgan fingerprint density at radius 3 is 2.27 bits per heavy atom. The van der Waals surface area contributed by atoms with Crippen LogP contribution in [0.5, 0.6) is 0 Å². The molecule has 2 aromatic rings. The molecule has 0 amide bonds. The van der Waals surface area contributed by atoms with Crippen molar-refractivity contribution in [1.82, 2.24) is 0 Å². The average molecular weight is 651 g/mol. The van der Waals surface area contributed by atoms with Crippen molar-refractivity contribution < 1.29 is 40.3 Å². The fourth-order valence-electron chi connectivity index (χ4n) is 8.55. The molecule has 12 heteroatoms. The van der Waals surface area contributed by atoms with E-state index in [1.165, 1.54) is 19.1 Å². The van der Waals surface area contributed by atoms with E-state index < -0.39 is 51.4 Å². The van der Waals surface area contributed by atoms with Crippen LogP contribution in [0.3, 0.4) is 0 Å². The zero-order chi connectivity index (χ0) is 32.6. The SMILES string of the molecule is C[C@]12C[C@H](c3ccc(CNc4ccc(S(N)(=O)=O)cc4)cc3)C3=C4CCC(=O)C=C4CCC3C1CC[C@]2(O)C(F)(F)C(F)(F)F. The molecule has 2 fully saturated rings. The predicted octanol–water partition coefficient (Wildman–Crippen LogP) is 6.77. The minimum absolute atomic E-state index is 0.0142. The summed E-state index contributed by atoms with van der Waals surface area (Å²) >= 11 is 0. The number of aliphatic hydroxyl groups is 1. The fraction of sp³-hybridized carbons (Fsp3) is 0.485. The van der Waals surface area contributed by atoms with E-state index in [2.05, 4.69) is 5.32 Å². The summed E-state index contributed by atoms with van der Waals surface area (Å²) in [5.74, 6) is -6.60. The van der Waals surface area contributed by atoms with Crippen LogP contribution in [-0.4, -0.2) is 37.0 Å². The lowest BCUT2D eigenvalue weighted by Crippen LogP contribution is -2.65. The van der Waals surface area contributed by atoms with E-state index >= 15 is 8.78 Å². The van der Waals surface area contributed by atoms with Gasteiger partial charge in [0.1, 0.15) is 5.60 Å². The van der Waals surface area contributed by atoms with E-state index in [1.54, 1.807) is 18.2 Å². The molecule has 0 bridgehead atoms. The third-order valence-corrected chi connectivity index (χ3v) is 11.8. The quantitative estimate of drug-likeness (QED) is 0.299. The number of fused-ring (bicyclic) bond motifs is 4. The monoisotopic (exact) mass is 650 g/mol. The molecule has 2 aromatic carbocycles. The topological polar surface area (TPSA) is 109 Å². The molecule has 0 aromatic heterocycles. The van der Waals surface area contributed by atoms with Crippen molar-refractivity contribution in [2.75, 3.05) is 5.32 Å². The van der Waals surface area contributed by atoms with Gasteiger partial charge in [0.15, 0.2) is 5.78 Å². The minimum atomic E-state index is -5.90. The van der Waals surface area contributed by atoms with Gasteiger partial charge in [-0.15, -0.1) is 0 Å². The Morgan fingerprint density at radius 1 is 0.978 bits per heavy atom. The van der Waals surface area contributed by atoms with Crippen molar-refractivity contribution in [1.29, 1.82) is 0 Å². The molecular formula is C33H35F5N2O4S. The van der Waals surface area contributed by atoms with Crippen molar-refractivity contribution >= 4 is 21.5 Å². The second kappa shape index (κ2) is 10.7. The Bertz CT molecular complexity index is 1680. The number of anilines is 1. The van der Waals surface area contributed by atoms with Gasteiger partial charge < -0.3 is 10.4 Å². The molecule has 45 heavy (non-hydrogen) atoms. The van der Waals surface area contributed by atoms with Crippen LogP contribution in [0.2, 0.25) is 0 Å². The molecule has 0 radical (unpaired) electrons. The number of benzene rings is 2. The number of allylic oxidation sites excluding steroid dienone is 4. The maximum absolute atomic E-state index is 15.2. The highest BCUT2D eigenvalue weighted by Crippen LogP contribution is 2.70. The number of alkyl halides is 5. The molecule has 6 rings (SSSR count). The zero-order valence-electron chi connectivity index (χ0n) is 24.6. The lowest BCUT2D eigenvalue weighted by molar-refractivity contribution is -0.362. The first-order valence-corrected chi connectivity index (χ1v) is 16.6. The van der Waals surface area contributed by atoms with Crippen molar-refractivity contribution in [3.05, 3.63) is 82.5 Å². The summed E-state index contributed by atoms with van der Waals surface area (Å²) in [5, 5.41) is 19.8. The molecule has 0 saturated heterocycles. The summed E-state index contributed by atoms with van der Waals surface area (Å²) in [6.07, 6.45) is -3.00. The molecule has 6 nitrogen and oxygen atoms in total. The van der Waals surface area contributed by atoms with Gasteiger partial charge in [-0.05, 0) is 103 Å². The van der Waals surface area contributed by atoms with Crippen LogP contribution in [-0.2, 0) is 21.4 Å². The number of sulfonamides is 1. The first-order valence-electron chi connectivity index (χ1n) is 15.1. The Kier molecular flexibility index (Phi) is 7.60. The van der Waals surface area contributed by atoms with E-state index in [1.807, 2.05) is 24.3 Å². The molecule has 2 unspecified atom stereocenters. The summed E-state index contributed by atoms with van der Waals surface area (Å²) in [5.41, 5.74) is 0.274. The number of carbonyl (C=O) groups is 1. The highest BCUT2D eigenvalue weighted by molar-refractivity contribution is 7.89. The summed E-state index contributed by atoms with van der Waals surface area (Å²) in [7, 11) is -3.82. The second-order valence-corrected chi connectivity index (χ2v) is 14.7. The van der Waals surface area contributed by atoms with Crippen LogP contribution >= 0.6 is 0 Å². The molecule has 242 valence electrons. The van der Waals surface area contributed by atoms with Gasteiger partial charge >= 0.3 is 12.1 Å². The molecular weight excluding hydrogens is 615 g/mol. The van der Waals surface area contributed by atoms with Crippen molar-refractivity contribution in [3.63, 3.8) is 0 Å². The van der Waals surface area contributed by atoms with Gasteiger partial charge in [-0.25, -0.2) is 13.6 Å². The molecule has 0 heterocycles. The number of hydrogen-bond donors (Lipinski definition) is 3. The number of primary sulfonamides is 1. The van der Waals surface area contributed by atoms with Gasteiger partial charge in [-0.1, -0.05) is 36.8 Å². The summed E-state index contributed by atoms with van der Waals surface area (Å²) in [6, 6.07) is 13.4. The van der Waals surface area contributed by atoms with E-state index in [4.69, 9.17) is 5.14 Å². The van der Waals surface area contributed by atoms with Gasteiger partial charge in [0.05, 0.1) is 4.90 Å². The van der Waals surface area contributed by atoms with E-state index in [0.717, 1.165) is 27.8 Å². The number of nitrogens with one attached hydrogen (secondary N) is 1. The van der Waals surface area contributed by atoms with E-state index in [0.29, 0.717) is 37.9 Å². The molecule has 4 aliphatic rings. The number of carbonyl (C=O) groups excluding carboxylic acids is 1. The van der Waals surface area contributed by atoms with Crippen LogP contribution in [0.4, 0.5) is 27.6 Å². The van der Waals surface area contributed by atoms with E-state index in [-0.39, 0.29) is 29.4 Å². The van der Waals surface area contributed by atoms with Gasteiger partial charge in [0.25, 0.3) is 0 Å². The lowest BCUT2D eigenvalue weighted by Gasteiger charge is -2.56. The van der Waals surface area contributed by atoms with Gasteiger partial charge in [-0.2, -0.15) is 22.0 Å². The largest absolute Gasteiger partial charge is 0.456 e. The van der Waals surface area contributed by atoms with Crippen LogP contribution < -0.4 is 10.5 Å². The number of halogens is 5. The number of nitrogens with two attached hydrogens (primary N) is 1. The Labute approximate surface area is 258 Å². The standard InChI is InChI=1S/C33H35F5N2O4S/c1-30-17-27(20-4-2-19(3-5-20)18-40-22-7-10-24(11-8-22)45(39,43)44)29-25-13-9-23(41)16-21(25)6-12-26(29)28(30)14-15-31(30,42)32(34,35)33(36,37)38/h2-5,7-8,10-11,16,26-28,40,42H,6,9,12-15,17-18H2,1H3,(H2,39,43,44)/t26?,27-,28?,30+,31-/m1/s1. The third-order valence-electron chi connectivity index (χ3n) is 10.8. The Morgan fingerprint density at radius 2 is 1.64 bits per heavy atom. The highest BCUT2D eigenvalue weighted by Gasteiger charge is 2.79. The molecule has 0 aliphatic heterocycles. The van der Waals surface area contributed by atoms with Crippen LogP contribution in [0.25, 0.3) is 0 Å². The Hall–Kier alpha value is -3.09. The van der Waals surface area contributed by atoms with Crippen molar-refractivity contribution in [2.45, 2.75) is 86.9 Å². The van der Waals surface area contributed by atoms with Gasteiger partial charge in [-0.3, -0.25) is 4.79 Å². The maximum atomic E-state index is 15.2. The number of hydrogen-bond acceptors (Lipinski definition) is 5. The fourth-order valence-corrected chi connectivity index (χ4v) is 9.06. The molecule has 2 saturated carbocycles. The smallest absolute Gasteiger partial charge is 0.383 e. The zero-order valence-corrected chi connectivity index (χ0v) is 25.4. The maximum Gasteiger partial charge on any atom is 0.456 e. The van der Waals surface area contributed by atoms with Crippen molar-refractivity contribution in [3.8, 4) is 0 Å². The molecule has 4 aliphatic carbocycles. The summed E-state index contributed by atoms with van der Waals surface area (Å²) < 4.78 is 94.7. The number of rotatable bonds is 6. The van der Waals surface area contributed by atoms with Crippen molar-refractivity contribution in [2.24, 2.45) is 22.4 Å². The molecule has 5 atom stereocenters. The minimum Gasteiger partial charge on any atom is -0.383 e.